The fraction of sp³-hybridized carbons (Fsp3) is 0.400. The number of aryl methyl sites for hydroxylation is 2. The van der Waals surface area contributed by atoms with E-state index in [1.807, 2.05) is 6.07 Å². The van der Waals surface area contributed by atoms with Gasteiger partial charge in [-0.1, -0.05) is 29.8 Å². The number of carbonyl (C=O) groups is 1. The Morgan fingerprint density at radius 3 is 2.57 bits per heavy atom. The average Bonchev–Trinajstić information content (AvgIpc) is 2.64. The van der Waals surface area contributed by atoms with E-state index in [4.69, 9.17) is 11.6 Å². The van der Waals surface area contributed by atoms with E-state index in [9.17, 15) is 22.8 Å². The van der Waals surface area contributed by atoms with Crippen LogP contribution in [0.4, 0.5) is 13.2 Å². The van der Waals surface area contributed by atoms with Crippen molar-refractivity contribution in [1.82, 2.24) is 9.88 Å². The zero-order valence-corrected chi connectivity index (χ0v) is 16.0. The Kier molecular flexibility index (Phi) is 5.84. The van der Waals surface area contributed by atoms with Crippen LogP contribution >= 0.6 is 11.6 Å². The van der Waals surface area contributed by atoms with E-state index in [0.29, 0.717) is 16.8 Å². The molecule has 1 heterocycles. The van der Waals surface area contributed by atoms with E-state index < -0.39 is 34.8 Å². The molecule has 4 nitrogen and oxygen atoms in total. The summed E-state index contributed by atoms with van der Waals surface area (Å²) in [5, 5.41) is 2.15. The van der Waals surface area contributed by atoms with Crippen LogP contribution in [0.1, 0.15) is 48.1 Å². The maximum atomic E-state index is 12.9. The van der Waals surface area contributed by atoms with Gasteiger partial charge in [-0.2, -0.15) is 13.2 Å². The number of fused-ring (bicyclic) bond motifs is 1. The first-order valence-electron chi connectivity index (χ1n) is 9.03. The zero-order valence-electron chi connectivity index (χ0n) is 15.3. The number of hydrogen-bond acceptors (Lipinski definition) is 2. The number of halogens is 4. The van der Waals surface area contributed by atoms with Crippen molar-refractivity contribution in [1.29, 1.82) is 0 Å². The lowest BCUT2D eigenvalue weighted by Gasteiger charge is -2.20. The molecule has 0 unspecified atom stereocenters. The molecule has 0 saturated carbocycles. The number of amides is 1. The first-order chi connectivity index (χ1) is 13.1. The van der Waals surface area contributed by atoms with Gasteiger partial charge >= 0.3 is 6.18 Å². The molecular formula is C20H20ClF3N2O2. The molecule has 0 spiro atoms. The van der Waals surface area contributed by atoms with E-state index in [2.05, 4.69) is 17.4 Å². The Morgan fingerprint density at radius 1 is 1.21 bits per heavy atom. The number of carbonyl (C=O) groups excluding carboxylic acids is 1. The summed E-state index contributed by atoms with van der Waals surface area (Å²) in [7, 11) is 0. The normalized spacial score (nSPS) is 15.0. The third-order valence-corrected chi connectivity index (χ3v) is 5.20. The SMILES string of the molecule is C[C@@H](NC(=O)Cn1cc(C(F)(F)F)cc(Cl)c1=O)c1ccc2c(c1)CCCC2. The van der Waals surface area contributed by atoms with Crippen molar-refractivity contribution in [3.63, 3.8) is 0 Å². The smallest absolute Gasteiger partial charge is 0.348 e. The Labute approximate surface area is 165 Å². The van der Waals surface area contributed by atoms with Crippen LogP contribution < -0.4 is 10.9 Å². The van der Waals surface area contributed by atoms with Gasteiger partial charge in [-0.3, -0.25) is 9.59 Å². The minimum Gasteiger partial charge on any atom is -0.348 e. The number of pyridine rings is 1. The van der Waals surface area contributed by atoms with Crippen LogP contribution in [0.3, 0.4) is 0 Å². The zero-order chi connectivity index (χ0) is 20.5. The highest BCUT2D eigenvalue weighted by atomic mass is 35.5. The van der Waals surface area contributed by atoms with Gasteiger partial charge < -0.3 is 9.88 Å². The number of alkyl halides is 3. The van der Waals surface area contributed by atoms with Gasteiger partial charge in [0.05, 0.1) is 11.6 Å². The van der Waals surface area contributed by atoms with Crippen LogP contribution in [0.15, 0.2) is 35.3 Å². The molecule has 1 amide bonds. The third kappa shape index (κ3) is 4.58. The lowest BCUT2D eigenvalue weighted by Crippen LogP contribution is -2.34. The third-order valence-electron chi connectivity index (χ3n) is 4.93. The summed E-state index contributed by atoms with van der Waals surface area (Å²) in [6.45, 7) is 1.25. The number of nitrogens with one attached hydrogen (secondary N) is 1. The molecule has 0 fully saturated rings. The van der Waals surface area contributed by atoms with Gasteiger partial charge in [0.25, 0.3) is 5.56 Å². The molecule has 1 aromatic heterocycles. The van der Waals surface area contributed by atoms with Crippen molar-refractivity contribution >= 4 is 17.5 Å². The number of hydrogen-bond donors (Lipinski definition) is 1. The fourth-order valence-corrected chi connectivity index (χ4v) is 3.65. The van der Waals surface area contributed by atoms with Crippen molar-refractivity contribution in [3.05, 3.63) is 68.1 Å². The molecule has 2 aromatic rings. The summed E-state index contributed by atoms with van der Waals surface area (Å²) >= 11 is 5.61. The monoisotopic (exact) mass is 412 g/mol. The quantitative estimate of drug-likeness (QED) is 0.815. The summed E-state index contributed by atoms with van der Waals surface area (Å²) in [5.41, 5.74) is 1.59. The molecule has 0 bridgehead atoms. The second kappa shape index (κ2) is 7.99. The standard InChI is InChI=1S/C20H20ClF3N2O2/c1-12(14-7-6-13-4-2-3-5-15(13)8-14)25-18(27)11-26-10-16(20(22,23)24)9-17(21)19(26)28/h6-10,12H,2-5,11H2,1H3,(H,25,27)/t12-/m1/s1. The topological polar surface area (TPSA) is 51.1 Å². The number of benzene rings is 1. The van der Waals surface area contributed by atoms with Crippen molar-refractivity contribution in [2.24, 2.45) is 0 Å². The molecular weight excluding hydrogens is 393 g/mol. The van der Waals surface area contributed by atoms with E-state index in [-0.39, 0.29) is 6.04 Å². The second-order valence-electron chi connectivity index (χ2n) is 7.03. The molecule has 3 rings (SSSR count). The maximum Gasteiger partial charge on any atom is 0.417 e. The molecule has 0 saturated heterocycles. The average molecular weight is 413 g/mol. The van der Waals surface area contributed by atoms with Crippen molar-refractivity contribution in [2.45, 2.75) is 51.4 Å². The molecule has 28 heavy (non-hydrogen) atoms. The Morgan fingerprint density at radius 2 is 1.89 bits per heavy atom. The number of aromatic nitrogens is 1. The number of rotatable bonds is 4. The van der Waals surface area contributed by atoms with E-state index in [1.54, 1.807) is 6.92 Å². The molecule has 1 N–H and O–H groups in total. The summed E-state index contributed by atoms with van der Waals surface area (Å²) in [4.78, 5) is 24.3. The molecule has 8 heteroatoms. The fourth-order valence-electron chi connectivity index (χ4n) is 3.42. The molecule has 1 aromatic carbocycles. The highest BCUT2D eigenvalue weighted by molar-refractivity contribution is 6.30. The first kappa shape index (κ1) is 20.5. The summed E-state index contributed by atoms with van der Waals surface area (Å²) in [6.07, 6.45) is 0.310. The predicted octanol–water partition coefficient (Wildman–Crippen LogP) is 4.28. The van der Waals surface area contributed by atoms with Gasteiger partial charge in [0.1, 0.15) is 11.6 Å². The van der Waals surface area contributed by atoms with Gasteiger partial charge in [-0.25, -0.2) is 0 Å². The number of nitrogens with zero attached hydrogens (tertiary/aromatic N) is 1. The van der Waals surface area contributed by atoms with Crippen LogP contribution in [-0.4, -0.2) is 10.5 Å². The molecule has 1 atom stereocenters. The van der Waals surface area contributed by atoms with Crippen LogP contribution in [0.5, 0.6) is 0 Å². The lowest BCUT2D eigenvalue weighted by molar-refractivity contribution is -0.138. The van der Waals surface area contributed by atoms with Gasteiger partial charge in [0.2, 0.25) is 5.91 Å². The molecule has 0 radical (unpaired) electrons. The minimum atomic E-state index is -4.66. The molecule has 1 aliphatic carbocycles. The predicted molar refractivity (Wildman–Crippen MR) is 100 cm³/mol. The Hall–Kier alpha value is -2.28. The van der Waals surface area contributed by atoms with Crippen molar-refractivity contribution in [2.75, 3.05) is 0 Å². The summed E-state index contributed by atoms with van der Waals surface area (Å²) in [5.74, 6) is -0.567. The highest BCUT2D eigenvalue weighted by Crippen LogP contribution is 2.29. The largest absolute Gasteiger partial charge is 0.417 e. The van der Waals surface area contributed by atoms with Gasteiger partial charge in [-0.15, -0.1) is 0 Å². The van der Waals surface area contributed by atoms with Gasteiger partial charge in [-0.05, 0) is 55.4 Å². The minimum absolute atomic E-state index is 0.336. The summed E-state index contributed by atoms with van der Waals surface area (Å²) in [6, 6.07) is 6.30. The Bertz CT molecular complexity index is 953. The lowest BCUT2D eigenvalue weighted by atomic mass is 9.89. The van der Waals surface area contributed by atoms with Gasteiger partial charge in [0, 0.05) is 6.20 Å². The van der Waals surface area contributed by atoms with Crippen molar-refractivity contribution < 1.29 is 18.0 Å². The Balaban J connectivity index is 1.74. The van der Waals surface area contributed by atoms with Crippen LogP contribution in [0.2, 0.25) is 5.02 Å². The van der Waals surface area contributed by atoms with E-state index in [1.165, 1.54) is 17.5 Å². The highest BCUT2D eigenvalue weighted by Gasteiger charge is 2.32. The van der Waals surface area contributed by atoms with Crippen LogP contribution in [0, 0.1) is 0 Å². The van der Waals surface area contributed by atoms with E-state index in [0.717, 1.165) is 24.8 Å². The first-order valence-corrected chi connectivity index (χ1v) is 9.41. The van der Waals surface area contributed by atoms with Crippen LogP contribution in [0.25, 0.3) is 0 Å². The van der Waals surface area contributed by atoms with Crippen molar-refractivity contribution in [3.8, 4) is 0 Å². The molecule has 150 valence electrons. The second-order valence-corrected chi connectivity index (χ2v) is 7.44. The van der Waals surface area contributed by atoms with E-state index >= 15 is 0 Å². The molecule has 0 aliphatic heterocycles. The molecule has 1 aliphatic rings. The van der Waals surface area contributed by atoms with Gasteiger partial charge in [0.15, 0.2) is 0 Å². The summed E-state index contributed by atoms with van der Waals surface area (Å²) < 4.78 is 39.4. The maximum absolute atomic E-state index is 12.9. The van der Waals surface area contributed by atoms with Crippen LogP contribution in [-0.2, 0) is 30.4 Å².